The molecule has 0 aliphatic carbocycles. The number of benzene rings is 2. The highest BCUT2D eigenvalue weighted by atomic mass is 19.1. The first-order valence-electron chi connectivity index (χ1n) is 9.86. The molecule has 2 aromatic rings. The second-order valence-corrected chi connectivity index (χ2v) is 7.23. The maximum Gasteiger partial charge on any atom is 0.261 e. The fourth-order valence-corrected chi connectivity index (χ4v) is 2.87. The van der Waals surface area contributed by atoms with E-state index in [0.29, 0.717) is 18.2 Å². The van der Waals surface area contributed by atoms with Crippen LogP contribution >= 0.6 is 0 Å². The maximum atomic E-state index is 13.2. The zero-order chi connectivity index (χ0) is 21.4. The van der Waals surface area contributed by atoms with E-state index in [1.54, 1.807) is 19.1 Å². The highest BCUT2D eigenvalue weighted by Gasteiger charge is 2.26. The van der Waals surface area contributed by atoms with Crippen LogP contribution in [0.5, 0.6) is 5.75 Å². The number of hydrogen-bond acceptors (Lipinski definition) is 3. The predicted octanol–water partition coefficient (Wildman–Crippen LogP) is 3.88. The van der Waals surface area contributed by atoms with Gasteiger partial charge in [0.05, 0.1) is 0 Å². The minimum absolute atomic E-state index is 0.188. The van der Waals surface area contributed by atoms with Gasteiger partial charge in [0.15, 0.2) is 6.61 Å². The number of rotatable bonds is 9. The van der Waals surface area contributed by atoms with Crippen molar-refractivity contribution in [3.63, 3.8) is 0 Å². The standard InChI is InChI=1S/C23H29FN2O3/c1-5-25-23(28)17(4)26(14-18-6-10-20(24)11-7-18)22(27)15-29-21-12-8-19(9-13-21)16(2)3/h6-13,16-17H,5,14-15H2,1-4H3,(H,25,28)/t17-/m1/s1. The molecule has 0 radical (unpaired) electrons. The number of nitrogens with zero attached hydrogens (tertiary/aromatic N) is 1. The Balaban J connectivity index is 2.10. The summed E-state index contributed by atoms with van der Waals surface area (Å²) in [4.78, 5) is 26.6. The summed E-state index contributed by atoms with van der Waals surface area (Å²) in [6.45, 7) is 8.18. The summed E-state index contributed by atoms with van der Waals surface area (Å²) in [5, 5.41) is 2.73. The average Bonchev–Trinajstić information content (AvgIpc) is 2.71. The van der Waals surface area contributed by atoms with E-state index in [0.717, 1.165) is 5.56 Å². The second-order valence-electron chi connectivity index (χ2n) is 7.23. The lowest BCUT2D eigenvalue weighted by atomic mass is 10.0. The van der Waals surface area contributed by atoms with Crippen molar-refractivity contribution < 1.29 is 18.7 Å². The van der Waals surface area contributed by atoms with Gasteiger partial charge in [-0.1, -0.05) is 38.1 Å². The van der Waals surface area contributed by atoms with Crippen LogP contribution in [-0.4, -0.2) is 35.9 Å². The Hall–Kier alpha value is -2.89. The van der Waals surface area contributed by atoms with Crippen LogP contribution in [-0.2, 0) is 16.1 Å². The molecule has 5 nitrogen and oxygen atoms in total. The van der Waals surface area contributed by atoms with E-state index in [-0.39, 0.29) is 30.8 Å². The van der Waals surface area contributed by atoms with Crippen molar-refractivity contribution >= 4 is 11.8 Å². The number of hydrogen-bond donors (Lipinski definition) is 1. The molecule has 6 heteroatoms. The van der Waals surface area contributed by atoms with Crippen molar-refractivity contribution in [2.24, 2.45) is 0 Å². The first-order valence-corrected chi connectivity index (χ1v) is 9.86. The molecule has 0 saturated heterocycles. The molecule has 0 aliphatic rings. The highest BCUT2D eigenvalue weighted by Crippen LogP contribution is 2.19. The van der Waals surface area contributed by atoms with Crippen molar-refractivity contribution in [1.29, 1.82) is 0 Å². The summed E-state index contributed by atoms with van der Waals surface area (Å²) < 4.78 is 18.8. The van der Waals surface area contributed by atoms with E-state index >= 15 is 0 Å². The van der Waals surface area contributed by atoms with E-state index in [1.807, 2.05) is 31.2 Å². The molecule has 1 N–H and O–H groups in total. The third kappa shape index (κ3) is 6.59. The Morgan fingerprint density at radius 2 is 1.66 bits per heavy atom. The lowest BCUT2D eigenvalue weighted by Crippen LogP contribution is -2.49. The maximum absolute atomic E-state index is 13.2. The molecule has 0 fully saturated rings. The smallest absolute Gasteiger partial charge is 0.261 e. The first-order chi connectivity index (χ1) is 13.8. The van der Waals surface area contributed by atoms with Crippen molar-refractivity contribution in [2.75, 3.05) is 13.2 Å². The van der Waals surface area contributed by atoms with E-state index in [4.69, 9.17) is 4.74 Å². The normalized spacial score (nSPS) is 11.8. The van der Waals surface area contributed by atoms with E-state index in [9.17, 15) is 14.0 Å². The number of likely N-dealkylation sites (N-methyl/N-ethyl adjacent to an activating group) is 1. The zero-order valence-corrected chi connectivity index (χ0v) is 17.4. The minimum Gasteiger partial charge on any atom is -0.484 e. The van der Waals surface area contributed by atoms with Crippen LogP contribution in [0, 0.1) is 5.82 Å². The largest absolute Gasteiger partial charge is 0.484 e. The highest BCUT2D eigenvalue weighted by molar-refractivity contribution is 5.87. The summed E-state index contributed by atoms with van der Waals surface area (Å²) >= 11 is 0. The van der Waals surface area contributed by atoms with Gasteiger partial charge in [-0.25, -0.2) is 4.39 Å². The molecule has 0 spiro atoms. The SMILES string of the molecule is CCNC(=O)[C@@H](C)N(Cc1ccc(F)cc1)C(=O)COc1ccc(C(C)C)cc1. The van der Waals surface area contributed by atoms with Crippen molar-refractivity contribution in [3.05, 3.63) is 65.5 Å². The molecule has 0 heterocycles. The lowest BCUT2D eigenvalue weighted by molar-refractivity contribution is -0.142. The van der Waals surface area contributed by atoms with Gasteiger partial charge in [0, 0.05) is 13.1 Å². The van der Waals surface area contributed by atoms with Crippen LogP contribution in [0.2, 0.25) is 0 Å². The number of halogens is 1. The molecular weight excluding hydrogens is 371 g/mol. The van der Waals surface area contributed by atoms with Crippen LogP contribution in [0.1, 0.15) is 44.7 Å². The van der Waals surface area contributed by atoms with Crippen LogP contribution in [0.25, 0.3) is 0 Å². The van der Waals surface area contributed by atoms with Crippen LogP contribution < -0.4 is 10.1 Å². The van der Waals surface area contributed by atoms with Gasteiger partial charge < -0.3 is 15.0 Å². The summed E-state index contributed by atoms with van der Waals surface area (Å²) in [6, 6.07) is 12.8. The Morgan fingerprint density at radius 3 is 2.21 bits per heavy atom. The van der Waals surface area contributed by atoms with E-state index < -0.39 is 6.04 Å². The van der Waals surface area contributed by atoms with Gasteiger partial charge in [-0.15, -0.1) is 0 Å². The molecule has 156 valence electrons. The van der Waals surface area contributed by atoms with Crippen molar-refractivity contribution in [2.45, 2.75) is 46.2 Å². The number of nitrogens with one attached hydrogen (secondary N) is 1. The van der Waals surface area contributed by atoms with Crippen LogP contribution in [0.15, 0.2) is 48.5 Å². The third-order valence-corrected chi connectivity index (χ3v) is 4.69. The van der Waals surface area contributed by atoms with E-state index in [1.165, 1.54) is 22.6 Å². The molecule has 2 amide bonds. The quantitative estimate of drug-likeness (QED) is 0.695. The summed E-state index contributed by atoms with van der Waals surface area (Å²) in [5.74, 6) is 0.0896. The van der Waals surface area contributed by atoms with Crippen molar-refractivity contribution in [3.8, 4) is 5.75 Å². The molecule has 1 atom stereocenters. The third-order valence-electron chi connectivity index (χ3n) is 4.69. The Labute approximate surface area is 171 Å². The Bertz CT molecular complexity index is 804. The van der Waals surface area contributed by atoms with Gasteiger partial charge in [-0.05, 0) is 55.2 Å². The summed E-state index contributed by atoms with van der Waals surface area (Å²) in [5.41, 5.74) is 1.92. The number of carbonyl (C=O) groups excluding carboxylic acids is 2. The molecule has 0 aromatic heterocycles. The van der Waals surface area contributed by atoms with Gasteiger partial charge >= 0.3 is 0 Å². The molecule has 2 aromatic carbocycles. The molecule has 2 rings (SSSR count). The molecule has 0 bridgehead atoms. The first kappa shape index (κ1) is 22.4. The number of ether oxygens (including phenoxy) is 1. The van der Waals surface area contributed by atoms with Gasteiger partial charge in [0.1, 0.15) is 17.6 Å². The molecule has 0 saturated carbocycles. The predicted molar refractivity (Wildman–Crippen MR) is 111 cm³/mol. The fraction of sp³-hybridized carbons (Fsp3) is 0.391. The number of carbonyl (C=O) groups is 2. The molecule has 0 unspecified atom stereocenters. The van der Waals surface area contributed by atoms with E-state index in [2.05, 4.69) is 19.2 Å². The molecule has 29 heavy (non-hydrogen) atoms. The second kappa shape index (κ2) is 10.6. The monoisotopic (exact) mass is 400 g/mol. The lowest BCUT2D eigenvalue weighted by Gasteiger charge is -2.28. The average molecular weight is 400 g/mol. The van der Waals surface area contributed by atoms with Gasteiger partial charge in [0.25, 0.3) is 5.91 Å². The molecular formula is C23H29FN2O3. The van der Waals surface area contributed by atoms with Crippen LogP contribution in [0.4, 0.5) is 4.39 Å². The fourth-order valence-electron chi connectivity index (χ4n) is 2.87. The molecule has 0 aliphatic heterocycles. The minimum atomic E-state index is -0.681. The Morgan fingerprint density at radius 1 is 1.03 bits per heavy atom. The van der Waals surface area contributed by atoms with Gasteiger partial charge in [0.2, 0.25) is 5.91 Å². The van der Waals surface area contributed by atoms with Gasteiger partial charge in [-0.3, -0.25) is 9.59 Å². The summed E-state index contributed by atoms with van der Waals surface area (Å²) in [6.07, 6.45) is 0. The van der Waals surface area contributed by atoms with Crippen LogP contribution in [0.3, 0.4) is 0 Å². The topological polar surface area (TPSA) is 58.6 Å². The summed E-state index contributed by atoms with van der Waals surface area (Å²) in [7, 11) is 0. The van der Waals surface area contributed by atoms with Crippen molar-refractivity contribution in [1.82, 2.24) is 10.2 Å². The number of amides is 2. The zero-order valence-electron chi connectivity index (χ0n) is 17.4. The van der Waals surface area contributed by atoms with Gasteiger partial charge in [-0.2, -0.15) is 0 Å². The Kier molecular flexibility index (Phi) is 8.19.